The Labute approximate surface area is 77.6 Å². The fourth-order valence-corrected chi connectivity index (χ4v) is 1.17. The first-order valence-electron chi connectivity index (χ1n) is 4.06. The van der Waals surface area contributed by atoms with E-state index in [0.717, 1.165) is 5.56 Å². The lowest BCUT2D eigenvalue weighted by Crippen LogP contribution is -2.11. The molecule has 0 spiro atoms. The minimum Gasteiger partial charge on any atom is -0.507 e. The van der Waals surface area contributed by atoms with Crippen molar-refractivity contribution in [2.75, 3.05) is 14.1 Å². The summed E-state index contributed by atoms with van der Waals surface area (Å²) < 4.78 is 0. The number of phenols is 1. The number of para-hydroxylation sites is 1. The molecule has 0 saturated heterocycles. The van der Waals surface area contributed by atoms with E-state index in [4.69, 9.17) is 0 Å². The van der Waals surface area contributed by atoms with Crippen molar-refractivity contribution in [1.29, 1.82) is 0 Å². The molecule has 0 bridgehead atoms. The van der Waals surface area contributed by atoms with Gasteiger partial charge in [0.1, 0.15) is 5.75 Å². The summed E-state index contributed by atoms with van der Waals surface area (Å²) in [6, 6.07) is 5.17. The van der Waals surface area contributed by atoms with Crippen molar-refractivity contribution in [1.82, 2.24) is 4.90 Å². The molecule has 0 saturated carbocycles. The van der Waals surface area contributed by atoms with Gasteiger partial charge in [-0.2, -0.15) is 0 Å². The highest BCUT2D eigenvalue weighted by Gasteiger charge is 2.05. The van der Waals surface area contributed by atoms with E-state index in [0.29, 0.717) is 18.4 Å². The molecule has 3 heteroatoms. The van der Waals surface area contributed by atoms with Gasteiger partial charge in [-0.25, -0.2) is 0 Å². The lowest BCUT2D eigenvalue weighted by Gasteiger charge is -2.11. The Hall–Kier alpha value is -1.35. The summed E-state index contributed by atoms with van der Waals surface area (Å²) in [6.45, 7) is 0.632. The Morgan fingerprint density at radius 3 is 2.69 bits per heavy atom. The summed E-state index contributed by atoms with van der Waals surface area (Å²) in [5.41, 5.74) is 1.12. The van der Waals surface area contributed by atoms with Crippen LogP contribution in [0.3, 0.4) is 0 Å². The molecule has 0 unspecified atom stereocenters. The molecular weight excluding hydrogens is 166 g/mol. The van der Waals surface area contributed by atoms with Gasteiger partial charge in [-0.15, -0.1) is 0 Å². The van der Waals surface area contributed by atoms with Crippen LogP contribution in [0.4, 0.5) is 0 Å². The average Bonchev–Trinajstić information content (AvgIpc) is 2.08. The van der Waals surface area contributed by atoms with Crippen LogP contribution in [-0.2, 0) is 6.54 Å². The van der Waals surface area contributed by atoms with Crippen LogP contribution in [0.2, 0.25) is 0 Å². The van der Waals surface area contributed by atoms with E-state index in [1.165, 1.54) is 0 Å². The normalized spacial score (nSPS) is 10.4. The van der Waals surface area contributed by atoms with Gasteiger partial charge in [0, 0.05) is 12.1 Å². The quantitative estimate of drug-likeness (QED) is 0.710. The van der Waals surface area contributed by atoms with E-state index in [2.05, 4.69) is 0 Å². The van der Waals surface area contributed by atoms with Crippen molar-refractivity contribution in [3.63, 3.8) is 0 Å². The molecule has 1 aromatic rings. The van der Waals surface area contributed by atoms with Crippen molar-refractivity contribution in [3.8, 4) is 5.75 Å². The van der Waals surface area contributed by atoms with Gasteiger partial charge >= 0.3 is 0 Å². The second-order valence-electron chi connectivity index (χ2n) is 3.21. The summed E-state index contributed by atoms with van der Waals surface area (Å²) in [5, 5.41) is 9.58. The Morgan fingerprint density at radius 1 is 1.46 bits per heavy atom. The molecule has 0 aliphatic heterocycles. The zero-order valence-corrected chi connectivity index (χ0v) is 7.82. The Kier molecular flexibility index (Phi) is 3.03. The molecule has 3 nitrogen and oxygen atoms in total. The van der Waals surface area contributed by atoms with Gasteiger partial charge in [0.2, 0.25) is 0 Å². The van der Waals surface area contributed by atoms with Crippen LogP contribution < -0.4 is 0 Å². The van der Waals surface area contributed by atoms with E-state index in [1.807, 2.05) is 25.1 Å². The standard InChI is InChI=1S/C10H13NO2/c1-11(2)6-8-4-3-5-9(7-12)10(8)13/h3-5,7,13H,6H2,1-2H3. The third-order valence-corrected chi connectivity index (χ3v) is 1.76. The smallest absolute Gasteiger partial charge is 0.153 e. The van der Waals surface area contributed by atoms with Crippen molar-refractivity contribution in [2.45, 2.75) is 6.54 Å². The van der Waals surface area contributed by atoms with E-state index in [1.54, 1.807) is 12.1 Å². The van der Waals surface area contributed by atoms with Crippen LogP contribution in [0.25, 0.3) is 0 Å². The predicted molar refractivity (Wildman–Crippen MR) is 50.9 cm³/mol. The molecule has 0 heterocycles. The van der Waals surface area contributed by atoms with Crippen molar-refractivity contribution in [2.24, 2.45) is 0 Å². The number of benzene rings is 1. The van der Waals surface area contributed by atoms with E-state index < -0.39 is 0 Å². The first kappa shape index (κ1) is 9.74. The SMILES string of the molecule is CN(C)Cc1cccc(C=O)c1O. The number of phenolic OH excluding ortho intramolecular Hbond substituents is 1. The van der Waals surface area contributed by atoms with Gasteiger partial charge in [-0.3, -0.25) is 4.79 Å². The van der Waals surface area contributed by atoms with Crippen molar-refractivity contribution >= 4 is 6.29 Å². The Balaban J connectivity index is 3.01. The summed E-state index contributed by atoms with van der Waals surface area (Å²) in [6.07, 6.45) is 0.661. The third-order valence-electron chi connectivity index (χ3n) is 1.76. The summed E-state index contributed by atoms with van der Waals surface area (Å²) in [5.74, 6) is 0.0891. The van der Waals surface area contributed by atoms with Crippen LogP contribution in [-0.4, -0.2) is 30.4 Å². The number of hydrogen-bond donors (Lipinski definition) is 1. The monoisotopic (exact) mass is 179 g/mol. The maximum Gasteiger partial charge on any atom is 0.153 e. The Bertz CT molecular complexity index is 308. The van der Waals surface area contributed by atoms with Gasteiger partial charge in [-0.05, 0) is 20.2 Å². The number of rotatable bonds is 3. The lowest BCUT2D eigenvalue weighted by atomic mass is 10.1. The Morgan fingerprint density at radius 2 is 2.15 bits per heavy atom. The topological polar surface area (TPSA) is 40.5 Å². The first-order valence-corrected chi connectivity index (χ1v) is 4.06. The lowest BCUT2D eigenvalue weighted by molar-refractivity contribution is 0.112. The zero-order chi connectivity index (χ0) is 9.84. The molecule has 0 atom stereocenters. The fraction of sp³-hybridized carbons (Fsp3) is 0.300. The highest BCUT2D eigenvalue weighted by Crippen LogP contribution is 2.21. The first-order chi connectivity index (χ1) is 6.15. The molecule has 0 aliphatic rings. The fourth-order valence-electron chi connectivity index (χ4n) is 1.17. The largest absolute Gasteiger partial charge is 0.507 e. The number of aldehydes is 1. The minimum atomic E-state index is 0.0891. The number of carbonyl (C=O) groups is 1. The molecular formula is C10H13NO2. The van der Waals surface area contributed by atoms with Crippen molar-refractivity contribution in [3.05, 3.63) is 29.3 Å². The molecule has 0 aromatic heterocycles. The molecule has 1 aromatic carbocycles. The van der Waals surface area contributed by atoms with E-state index in [9.17, 15) is 9.90 Å². The molecule has 1 N–H and O–H groups in total. The van der Waals surface area contributed by atoms with Crippen molar-refractivity contribution < 1.29 is 9.90 Å². The maximum absolute atomic E-state index is 10.5. The van der Waals surface area contributed by atoms with Crippen LogP contribution >= 0.6 is 0 Å². The van der Waals surface area contributed by atoms with Crippen LogP contribution in [0.5, 0.6) is 5.75 Å². The number of aromatic hydroxyl groups is 1. The van der Waals surface area contributed by atoms with Gasteiger partial charge < -0.3 is 10.0 Å². The predicted octanol–water partition coefficient (Wildman–Crippen LogP) is 1.27. The zero-order valence-electron chi connectivity index (χ0n) is 7.82. The van der Waals surface area contributed by atoms with E-state index in [-0.39, 0.29) is 5.75 Å². The summed E-state index contributed by atoms with van der Waals surface area (Å²) >= 11 is 0. The van der Waals surface area contributed by atoms with Crippen LogP contribution in [0, 0.1) is 0 Å². The van der Waals surface area contributed by atoms with Gasteiger partial charge in [0.25, 0.3) is 0 Å². The number of nitrogens with zero attached hydrogens (tertiary/aromatic N) is 1. The maximum atomic E-state index is 10.5. The molecule has 0 amide bonds. The number of hydrogen-bond acceptors (Lipinski definition) is 3. The molecule has 0 fully saturated rings. The third kappa shape index (κ3) is 2.29. The second kappa shape index (κ2) is 4.05. The number of carbonyl (C=O) groups excluding carboxylic acids is 1. The second-order valence-corrected chi connectivity index (χ2v) is 3.21. The molecule has 1 rings (SSSR count). The van der Waals surface area contributed by atoms with Gasteiger partial charge in [0.15, 0.2) is 6.29 Å². The van der Waals surface area contributed by atoms with Gasteiger partial charge in [0.05, 0.1) is 5.56 Å². The highest BCUT2D eigenvalue weighted by molar-refractivity contribution is 5.79. The molecule has 70 valence electrons. The molecule has 0 aliphatic carbocycles. The van der Waals surface area contributed by atoms with Crippen LogP contribution in [0.15, 0.2) is 18.2 Å². The highest BCUT2D eigenvalue weighted by atomic mass is 16.3. The molecule has 0 radical (unpaired) electrons. The summed E-state index contributed by atoms with van der Waals surface area (Å²) in [7, 11) is 3.82. The van der Waals surface area contributed by atoms with Gasteiger partial charge in [-0.1, -0.05) is 12.1 Å². The average molecular weight is 179 g/mol. The molecule has 13 heavy (non-hydrogen) atoms. The summed E-state index contributed by atoms with van der Waals surface area (Å²) in [4.78, 5) is 12.4. The van der Waals surface area contributed by atoms with E-state index >= 15 is 0 Å². The van der Waals surface area contributed by atoms with Crippen LogP contribution in [0.1, 0.15) is 15.9 Å². The minimum absolute atomic E-state index is 0.0891.